The van der Waals surface area contributed by atoms with Crippen LogP contribution in [-0.2, 0) is 31.3 Å². The molecule has 0 radical (unpaired) electrons. The quantitative estimate of drug-likeness (QED) is 0.884. The Morgan fingerprint density at radius 1 is 1.33 bits per heavy atom. The van der Waals surface area contributed by atoms with E-state index in [4.69, 9.17) is 9.47 Å². The number of hydrogen-bond donors (Lipinski definition) is 1. The summed E-state index contributed by atoms with van der Waals surface area (Å²) in [6.07, 6.45) is 2.97. The van der Waals surface area contributed by atoms with E-state index in [1.165, 1.54) is 0 Å². The van der Waals surface area contributed by atoms with Gasteiger partial charge in [0.1, 0.15) is 0 Å². The number of rotatable bonds is 5. The molecule has 1 aliphatic carbocycles. The van der Waals surface area contributed by atoms with Gasteiger partial charge in [0.2, 0.25) is 11.8 Å². The third kappa shape index (κ3) is 2.70. The standard InChI is InChI=1S/C18H22N2O4/c1-20-15-5-4-14(10-13(15)11-16(20)21)18(23-8-9-24-18)6-7-19-17(22)12-2-3-12/h4-5,10,12H,2-3,6-9,11H2,1H3,(H,19,22). The fraction of sp³-hybridized carbons (Fsp3) is 0.556. The van der Waals surface area contributed by atoms with Gasteiger partial charge in [-0.05, 0) is 30.5 Å². The van der Waals surface area contributed by atoms with Gasteiger partial charge in [0, 0.05) is 37.2 Å². The highest BCUT2D eigenvalue weighted by molar-refractivity contribution is 6.00. The van der Waals surface area contributed by atoms with Gasteiger partial charge in [-0.25, -0.2) is 0 Å². The van der Waals surface area contributed by atoms with E-state index >= 15 is 0 Å². The molecule has 2 amide bonds. The number of hydrogen-bond acceptors (Lipinski definition) is 4. The molecular weight excluding hydrogens is 308 g/mol. The Morgan fingerprint density at radius 3 is 2.79 bits per heavy atom. The van der Waals surface area contributed by atoms with E-state index in [0.717, 1.165) is 29.7 Å². The van der Waals surface area contributed by atoms with Gasteiger partial charge in [-0.15, -0.1) is 0 Å². The molecule has 3 aliphatic rings. The van der Waals surface area contributed by atoms with E-state index in [1.807, 2.05) is 18.2 Å². The number of benzene rings is 1. The minimum atomic E-state index is -0.823. The van der Waals surface area contributed by atoms with Gasteiger partial charge in [-0.1, -0.05) is 6.07 Å². The molecule has 24 heavy (non-hydrogen) atoms. The molecule has 2 heterocycles. The highest BCUT2D eigenvalue weighted by Crippen LogP contribution is 2.38. The van der Waals surface area contributed by atoms with Crippen LogP contribution in [0.3, 0.4) is 0 Å². The van der Waals surface area contributed by atoms with Crippen LogP contribution in [0.1, 0.15) is 30.4 Å². The number of nitrogens with one attached hydrogen (secondary N) is 1. The first-order valence-corrected chi connectivity index (χ1v) is 8.55. The van der Waals surface area contributed by atoms with Crippen LogP contribution in [-0.4, -0.2) is 38.6 Å². The van der Waals surface area contributed by atoms with E-state index < -0.39 is 5.79 Å². The van der Waals surface area contributed by atoms with Crippen molar-refractivity contribution in [2.24, 2.45) is 5.92 Å². The van der Waals surface area contributed by atoms with Gasteiger partial charge in [-0.3, -0.25) is 9.59 Å². The SMILES string of the molecule is CN1C(=O)Cc2cc(C3(CCNC(=O)C4CC4)OCCO3)ccc21. The van der Waals surface area contributed by atoms with Crippen molar-refractivity contribution in [2.75, 3.05) is 31.7 Å². The topological polar surface area (TPSA) is 67.9 Å². The van der Waals surface area contributed by atoms with Crippen LogP contribution < -0.4 is 10.2 Å². The summed E-state index contributed by atoms with van der Waals surface area (Å²) in [5.41, 5.74) is 2.86. The molecule has 0 atom stereocenters. The molecule has 0 bridgehead atoms. The molecule has 0 spiro atoms. The molecule has 2 fully saturated rings. The molecular formula is C18H22N2O4. The summed E-state index contributed by atoms with van der Waals surface area (Å²) in [6, 6.07) is 5.91. The predicted molar refractivity (Wildman–Crippen MR) is 87.5 cm³/mol. The van der Waals surface area contributed by atoms with Crippen LogP contribution in [0.25, 0.3) is 0 Å². The number of anilines is 1. The monoisotopic (exact) mass is 330 g/mol. The number of amides is 2. The lowest BCUT2D eigenvalue weighted by Gasteiger charge is -2.28. The van der Waals surface area contributed by atoms with Crippen molar-refractivity contribution in [1.82, 2.24) is 5.32 Å². The third-order valence-corrected chi connectivity index (χ3v) is 5.05. The highest BCUT2D eigenvalue weighted by atomic mass is 16.7. The first-order chi connectivity index (χ1) is 11.6. The van der Waals surface area contributed by atoms with E-state index in [0.29, 0.717) is 32.6 Å². The van der Waals surface area contributed by atoms with Gasteiger partial charge in [0.05, 0.1) is 19.6 Å². The second kappa shape index (κ2) is 5.86. The van der Waals surface area contributed by atoms with Crippen LogP contribution in [0.4, 0.5) is 5.69 Å². The van der Waals surface area contributed by atoms with Crippen molar-refractivity contribution >= 4 is 17.5 Å². The summed E-state index contributed by atoms with van der Waals surface area (Å²) in [5, 5.41) is 2.97. The average Bonchev–Trinajstić information content (AvgIpc) is 3.26. The molecule has 6 nitrogen and oxygen atoms in total. The maximum atomic E-state index is 11.9. The van der Waals surface area contributed by atoms with Crippen molar-refractivity contribution in [2.45, 2.75) is 31.5 Å². The Morgan fingerprint density at radius 2 is 2.08 bits per heavy atom. The fourth-order valence-electron chi connectivity index (χ4n) is 3.46. The number of ether oxygens (including phenoxy) is 2. The Hall–Kier alpha value is -1.92. The number of likely N-dealkylation sites (N-methyl/N-ethyl adjacent to an activating group) is 1. The smallest absolute Gasteiger partial charge is 0.231 e. The number of carbonyl (C=O) groups excluding carboxylic acids is 2. The predicted octanol–water partition coefficient (Wildman–Crippen LogP) is 1.32. The molecule has 128 valence electrons. The van der Waals surface area contributed by atoms with Crippen LogP contribution in [0, 0.1) is 5.92 Å². The Bertz CT molecular complexity index is 678. The van der Waals surface area contributed by atoms with Crippen LogP contribution >= 0.6 is 0 Å². The van der Waals surface area contributed by atoms with Gasteiger partial charge in [0.25, 0.3) is 0 Å². The minimum absolute atomic E-state index is 0.0983. The summed E-state index contributed by atoms with van der Waals surface area (Å²) in [7, 11) is 1.79. The zero-order valence-corrected chi connectivity index (χ0v) is 13.8. The van der Waals surface area contributed by atoms with Crippen molar-refractivity contribution in [3.8, 4) is 0 Å². The second-order valence-electron chi connectivity index (χ2n) is 6.74. The van der Waals surface area contributed by atoms with E-state index in [9.17, 15) is 9.59 Å². The fourth-order valence-corrected chi connectivity index (χ4v) is 3.46. The largest absolute Gasteiger partial charge is 0.356 e. The number of fused-ring (bicyclic) bond motifs is 1. The normalized spacial score (nSPS) is 21.9. The van der Waals surface area contributed by atoms with Gasteiger partial charge in [0.15, 0.2) is 5.79 Å². The molecule has 1 saturated heterocycles. The molecule has 1 N–H and O–H groups in total. The van der Waals surface area contributed by atoms with Crippen LogP contribution in [0.15, 0.2) is 18.2 Å². The first-order valence-electron chi connectivity index (χ1n) is 8.55. The summed E-state index contributed by atoms with van der Waals surface area (Å²) >= 11 is 0. The zero-order valence-electron chi connectivity index (χ0n) is 13.8. The van der Waals surface area contributed by atoms with Gasteiger partial charge in [-0.2, -0.15) is 0 Å². The summed E-state index contributed by atoms with van der Waals surface area (Å²) < 4.78 is 11.9. The summed E-state index contributed by atoms with van der Waals surface area (Å²) in [5.74, 6) is -0.394. The van der Waals surface area contributed by atoms with Gasteiger partial charge < -0.3 is 19.7 Å². The summed E-state index contributed by atoms with van der Waals surface area (Å²) in [4.78, 5) is 25.4. The molecule has 0 aromatic heterocycles. The van der Waals surface area contributed by atoms with E-state index in [2.05, 4.69) is 5.32 Å². The number of carbonyl (C=O) groups is 2. The van der Waals surface area contributed by atoms with Crippen molar-refractivity contribution in [3.63, 3.8) is 0 Å². The Labute approximate surface area is 141 Å². The maximum Gasteiger partial charge on any atom is 0.231 e. The lowest BCUT2D eigenvalue weighted by Crippen LogP contribution is -2.34. The summed E-state index contributed by atoms with van der Waals surface area (Å²) in [6.45, 7) is 1.59. The zero-order chi connectivity index (χ0) is 16.7. The van der Waals surface area contributed by atoms with E-state index in [1.54, 1.807) is 11.9 Å². The molecule has 6 heteroatoms. The highest BCUT2D eigenvalue weighted by Gasteiger charge is 2.40. The molecule has 1 aromatic carbocycles. The van der Waals surface area contributed by atoms with Crippen molar-refractivity contribution < 1.29 is 19.1 Å². The van der Waals surface area contributed by atoms with E-state index in [-0.39, 0.29) is 17.7 Å². The first kappa shape index (κ1) is 15.6. The lowest BCUT2D eigenvalue weighted by molar-refractivity contribution is -0.170. The van der Waals surface area contributed by atoms with Crippen molar-refractivity contribution in [3.05, 3.63) is 29.3 Å². The Balaban J connectivity index is 1.51. The van der Waals surface area contributed by atoms with Crippen molar-refractivity contribution in [1.29, 1.82) is 0 Å². The Kier molecular flexibility index (Phi) is 3.81. The van der Waals surface area contributed by atoms with Gasteiger partial charge >= 0.3 is 0 Å². The molecule has 0 unspecified atom stereocenters. The second-order valence-corrected chi connectivity index (χ2v) is 6.74. The lowest BCUT2D eigenvalue weighted by atomic mass is 9.98. The molecule has 4 rings (SSSR count). The van der Waals surface area contributed by atoms with Crippen LogP contribution in [0.5, 0.6) is 0 Å². The average molecular weight is 330 g/mol. The third-order valence-electron chi connectivity index (χ3n) is 5.05. The number of nitrogens with zero attached hydrogens (tertiary/aromatic N) is 1. The molecule has 1 aromatic rings. The molecule has 1 saturated carbocycles. The minimum Gasteiger partial charge on any atom is -0.356 e. The molecule has 2 aliphatic heterocycles. The maximum absolute atomic E-state index is 11.9. The van der Waals surface area contributed by atoms with Crippen LogP contribution in [0.2, 0.25) is 0 Å².